The molecule has 4 atom stereocenters. The fourth-order valence-electron chi connectivity index (χ4n) is 4.42. The van der Waals surface area contributed by atoms with Crippen molar-refractivity contribution in [2.24, 2.45) is 4.99 Å². The Hall–Kier alpha value is -4.00. The molecule has 3 N–H and O–H groups in total. The second-order valence-corrected chi connectivity index (χ2v) is 8.79. The Morgan fingerprint density at radius 1 is 1.16 bits per heavy atom. The van der Waals surface area contributed by atoms with Crippen LogP contribution < -0.4 is 16.6 Å². The van der Waals surface area contributed by atoms with E-state index in [1.165, 1.54) is 12.4 Å². The Morgan fingerprint density at radius 2 is 1.86 bits per heavy atom. The Labute approximate surface area is 211 Å². The lowest BCUT2D eigenvalue weighted by Crippen LogP contribution is -2.50. The van der Waals surface area contributed by atoms with E-state index in [0.717, 1.165) is 0 Å². The second kappa shape index (κ2) is 10.2. The zero-order valence-electron chi connectivity index (χ0n) is 21.0. The minimum absolute atomic E-state index is 0.0535. The van der Waals surface area contributed by atoms with Crippen LogP contribution in [0.25, 0.3) is 10.8 Å². The summed E-state index contributed by atoms with van der Waals surface area (Å²) in [5.74, 6) is -1.00. The highest BCUT2D eigenvalue weighted by atomic mass is 16.7. The van der Waals surface area contributed by atoms with Crippen molar-refractivity contribution < 1.29 is 33.3 Å². The molecule has 13 nitrogen and oxygen atoms in total. The Morgan fingerprint density at radius 3 is 2.54 bits per heavy atom. The Bertz CT molecular complexity index is 1340. The average Bonchev–Trinajstić information content (AvgIpc) is 3.34. The van der Waals surface area contributed by atoms with Crippen molar-refractivity contribution in [2.45, 2.75) is 71.0 Å². The third-order valence-corrected chi connectivity index (χ3v) is 6.26. The van der Waals surface area contributed by atoms with Gasteiger partial charge in [-0.2, -0.15) is 4.98 Å². The van der Waals surface area contributed by atoms with Crippen LogP contribution in [0.4, 0.5) is 17.3 Å². The minimum Gasteiger partial charge on any atom is -0.463 e. The van der Waals surface area contributed by atoms with E-state index in [9.17, 15) is 19.2 Å². The van der Waals surface area contributed by atoms with Crippen LogP contribution in [0.15, 0.2) is 22.1 Å². The molecular formula is C24H29N5O8. The van der Waals surface area contributed by atoms with Gasteiger partial charge in [0.1, 0.15) is 24.3 Å². The van der Waals surface area contributed by atoms with E-state index in [2.05, 4.69) is 15.3 Å². The summed E-state index contributed by atoms with van der Waals surface area (Å²) in [5, 5.41) is 3.76. The highest BCUT2D eigenvalue weighted by Crippen LogP contribution is 2.48. The first kappa shape index (κ1) is 26.1. The van der Waals surface area contributed by atoms with Gasteiger partial charge in [-0.05, 0) is 6.92 Å². The van der Waals surface area contributed by atoms with E-state index in [1.807, 2.05) is 0 Å². The van der Waals surface area contributed by atoms with Crippen LogP contribution in [0.1, 0.15) is 53.2 Å². The lowest BCUT2D eigenvalue weighted by atomic mass is 9.95. The maximum absolute atomic E-state index is 12.6. The molecule has 0 radical (unpaired) electrons. The summed E-state index contributed by atoms with van der Waals surface area (Å²) in [6.45, 7) is 6.25. The third-order valence-electron chi connectivity index (χ3n) is 6.26. The number of ether oxygens (including phenoxy) is 4. The molecule has 13 heteroatoms. The smallest absolute Gasteiger partial charge is 0.306 e. The van der Waals surface area contributed by atoms with Crippen LogP contribution in [-0.2, 0) is 33.3 Å². The summed E-state index contributed by atoms with van der Waals surface area (Å²) >= 11 is 0. The number of nitrogen functional groups attached to an aromatic ring is 1. The summed E-state index contributed by atoms with van der Waals surface area (Å²) in [5.41, 5.74) is 4.25. The standard InChI is InChI=1S/C24H29N5O8/c1-5-16(31)34-10-14-20(36-17(32)6-2)24(4,37-18(33)7-3)23(35-14)29-9-12-13(25)8-15(30)28-21-19(12)22(29)27-11-26-21/h8-9,11,14,20,23H,5-7,10,25H2,1-4H3,(H,26,27,28,30)/t14-,20-,23-,24-/m1/s1. The Kier molecular flexibility index (Phi) is 7.16. The van der Waals surface area contributed by atoms with Crippen LogP contribution in [0.5, 0.6) is 0 Å². The van der Waals surface area contributed by atoms with Gasteiger partial charge in [-0.3, -0.25) is 19.2 Å². The predicted octanol–water partition coefficient (Wildman–Crippen LogP) is 1.95. The van der Waals surface area contributed by atoms with Crippen molar-refractivity contribution in [1.29, 1.82) is 0 Å². The molecule has 0 bridgehead atoms. The van der Waals surface area contributed by atoms with E-state index in [1.54, 1.807) is 38.5 Å². The molecule has 1 saturated heterocycles. The van der Waals surface area contributed by atoms with Crippen molar-refractivity contribution in [3.63, 3.8) is 0 Å². The van der Waals surface area contributed by atoms with Crippen molar-refractivity contribution in [2.75, 3.05) is 17.7 Å². The number of nitrogens with one attached hydrogen (secondary N) is 1. The minimum atomic E-state index is -1.55. The number of hydrogen-bond donors (Lipinski definition) is 2. The SMILES string of the molecule is CCC(=O)OC[C@H]1O[C@@H](n2cc3c(N)cc(=O)nc4c3c2N=CN4)[C@](C)(OC(=O)CC)[C@@H]1OC(=O)CC. The molecular weight excluding hydrogens is 486 g/mol. The first-order valence-electron chi connectivity index (χ1n) is 12.0. The number of anilines is 2. The first-order valence-corrected chi connectivity index (χ1v) is 12.0. The van der Waals surface area contributed by atoms with E-state index >= 15 is 0 Å². The van der Waals surface area contributed by atoms with Gasteiger partial charge in [0, 0.05) is 42.6 Å². The molecule has 0 amide bonds. The molecule has 1 fully saturated rings. The van der Waals surface area contributed by atoms with Crippen LogP contribution in [0.3, 0.4) is 0 Å². The molecule has 0 aromatic carbocycles. The number of esters is 3. The number of nitrogens with two attached hydrogens (primary N) is 1. The molecule has 2 aromatic heterocycles. The zero-order valence-corrected chi connectivity index (χ0v) is 21.0. The fourth-order valence-corrected chi connectivity index (χ4v) is 4.42. The molecule has 0 aliphatic carbocycles. The summed E-state index contributed by atoms with van der Waals surface area (Å²) in [4.78, 5) is 57.4. The van der Waals surface area contributed by atoms with E-state index in [4.69, 9.17) is 24.7 Å². The fraction of sp³-hybridized carbons (Fsp3) is 0.500. The zero-order chi connectivity index (χ0) is 26.9. The van der Waals surface area contributed by atoms with Gasteiger partial charge in [0.2, 0.25) is 0 Å². The summed E-state index contributed by atoms with van der Waals surface area (Å²) in [6, 6.07) is 1.19. The van der Waals surface area contributed by atoms with Gasteiger partial charge < -0.3 is 34.6 Å². The molecule has 0 saturated carbocycles. The largest absolute Gasteiger partial charge is 0.463 e. The summed E-state index contributed by atoms with van der Waals surface area (Å²) < 4.78 is 24.8. The predicted molar refractivity (Wildman–Crippen MR) is 132 cm³/mol. The van der Waals surface area contributed by atoms with Gasteiger partial charge in [0.25, 0.3) is 5.56 Å². The summed E-state index contributed by atoms with van der Waals surface area (Å²) in [7, 11) is 0. The first-order chi connectivity index (χ1) is 17.6. The van der Waals surface area contributed by atoms with Gasteiger partial charge >= 0.3 is 17.9 Å². The molecule has 0 unspecified atom stereocenters. The number of carbonyl (C=O) groups is 3. The number of aromatic nitrogens is 2. The lowest BCUT2D eigenvalue weighted by molar-refractivity contribution is -0.187. The molecule has 2 aromatic rings. The van der Waals surface area contributed by atoms with E-state index < -0.39 is 47.5 Å². The third kappa shape index (κ3) is 4.73. The average molecular weight is 516 g/mol. The van der Waals surface area contributed by atoms with E-state index in [0.29, 0.717) is 16.6 Å². The van der Waals surface area contributed by atoms with Gasteiger partial charge in [-0.25, -0.2) is 4.99 Å². The quantitative estimate of drug-likeness (QED) is 0.388. The van der Waals surface area contributed by atoms with Crippen LogP contribution in [-0.4, -0.2) is 58.2 Å². The molecule has 37 heavy (non-hydrogen) atoms. The number of nitrogens with zero attached hydrogens (tertiary/aromatic N) is 3. The summed E-state index contributed by atoms with van der Waals surface area (Å²) in [6.07, 6.45) is 0.0606. The molecule has 2 aliphatic rings. The van der Waals surface area contributed by atoms with Gasteiger partial charge in [-0.15, -0.1) is 0 Å². The monoisotopic (exact) mass is 515 g/mol. The maximum Gasteiger partial charge on any atom is 0.306 e. The number of hydrogen-bond acceptors (Lipinski definition) is 12. The van der Waals surface area contributed by atoms with Crippen LogP contribution in [0, 0.1) is 0 Å². The van der Waals surface area contributed by atoms with Gasteiger partial charge in [0.15, 0.2) is 17.9 Å². The van der Waals surface area contributed by atoms with Crippen LogP contribution >= 0.6 is 0 Å². The van der Waals surface area contributed by atoms with Gasteiger partial charge in [0.05, 0.1) is 11.7 Å². The highest BCUT2D eigenvalue weighted by molar-refractivity contribution is 6.10. The molecule has 4 rings (SSSR count). The molecule has 4 heterocycles. The normalized spacial score (nSPS) is 23.9. The van der Waals surface area contributed by atoms with Crippen molar-refractivity contribution in [3.8, 4) is 0 Å². The number of carbonyl (C=O) groups excluding carboxylic acids is 3. The van der Waals surface area contributed by atoms with Crippen LogP contribution in [0.2, 0.25) is 0 Å². The maximum atomic E-state index is 12.6. The molecule has 2 aliphatic heterocycles. The molecule has 0 spiro atoms. The molecule has 198 valence electrons. The lowest BCUT2D eigenvalue weighted by Gasteiger charge is -2.35. The number of rotatable bonds is 8. The second-order valence-electron chi connectivity index (χ2n) is 8.79. The van der Waals surface area contributed by atoms with Crippen molar-refractivity contribution in [1.82, 2.24) is 9.55 Å². The topological polar surface area (TPSA) is 173 Å². The number of aliphatic imine (C=N–C) groups is 1. The Balaban J connectivity index is 1.89. The van der Waals surface area contributed by atoms with E-state index in [-0.39, 0.29) is 37.4 Å². The van der Waals surface area contributed by atoms with Crippen molar-refractivity contribution >= 4 is 52.3 Å². The highest BCUT2D eigenvalue weighted by Gasteiger charge is 2.60. The van der Waals surface area contributed by atoms with Crippen molar-refractivity contribution in [3.05, 3.63) is 22.6 Å². The van der Waals surface area contributed by atoms with Gasteiger partial charge in [-0.1, -0.05) is 20.8 Å².